The Morgan fingerprint density at radius 2 is 2.22 bits per heavy atom. The first-order chi connectivity index (χ1) is 8.58. The number of rotatable bonds is 4. The molecule has 96 valence electrons. The minimum Gasteiger partial charge on any atom is -0.486 e. The Bertz CT molecular complexity index is 540. The molecule has 0 aliphatic carbocycles. The fourth-order valence-corrected chi connectivity index (χ4v) is 2.12. The summed E-state index contributed by atoms with van der Waals surface area (Å²) in [6.45, 7) is 4.57. The highest BCUT2D eigenvalue weighted by Crippen LogP contribution is 2.26. The van der Waals surface area contributed by atoms with Gasteiger partial charge in [0.25, 0.3) is 0 Å². The van der Waals surface area contributed by atoms with Crippen molar-refractivity contribution >= 4 is 15.9 Å². The van der Waals surface area contributed by atoms with E-state index < -0.39 is 0 Å². The van der Waals surface area contributed by atoms with Gasteiger partial charge in [-0.25, -0.2) is 9.37 Å². The van der Waals surface area contributed by atoms with E-state index in [-0.39, 0.29) is 5.82 Å². The average Bonchev–Trinajstić information content (AvgIpc) is 2.76. The van der Waals surface area contributed by atoms with Crippen molar-refractivity contribution in [2.75, 3.05) is 0 Å². The third-order valence-electron chi connectivity index (χ3n) is 2.57. The van der Waals surface area contributed by atoms with Crippen molar-refractivity contribution in [1.82, 2.24) is 9.55 Å². The Kier molecular flexibility index (Phi) is 4.01. The molecule has 0 aliphatic rings. The molecule has 0 radical (unpaired) electrons. The van der Waals surface area contributed by atoms with Crippen molar-refractivity contribution in [2.45, 2.75) is 26.5 Å². The molecule has 1 heterocycles. The highest BCUT2D eigenvalue weighted by Gasteiger charge is 2.08. The molecule has 0 spiro atoms. The number of ether oxygens (including phenoxy) is 1. The summed E-state index contributed by atoms with van der Waals surface area (Å²) in [6, 6.07) is 4.70. The third-order valence-corrected chi connectivity index (χ3v) is 3.19. The predicted octanol–water partition coefficient (Wildman–Crippen LogP) is 3.94. The topological polar surface area (TPSA) is 27.1 Å². The Labute approximate surface area is 114 Å². The summed E-state index contributed by atoms with van der Waals surface area (Å²) in [5, 5.41) is 0. The molecular formula is C13H14BrFN2O. The molecule has 0 aliphatic heterocycles. The molecule has 0 unspecified atom stereocenters. The van der Waals surface area contributed by atoms with Crippen LogP contribution in [0.15, 0.2) is 35.2 Å². The van der Waals surface area contributed by atoms with Crippen molar-refractivity contribution in [3.63, 3.8) is 0 Å². The van der Waals surface area contributed by atoms with E-state index >= 15 is 0 Å². The van der Waals surface area contributed by atoms with E-state index in [1.807, 2.05) is 4.57 Å². The summed E-state index contributed by atoms with van der Waals surface area (Å²) in [6.07, 6.45) is 3.56. The van der Waals surface area contributed by atoms with Crippen LogP contribution in [0, 0.1) is 5.82 Å². The third kappa shape index (κ3) is 2.90. The quantitative estimate of drug-likeness (QED) is 0.855. The fourth-order valence-electron chi connectivity index (χ4n) is 1.65. The lowest BCUT2D eigenvalue weighted by molar-refractivity contribution is 0.290. The van der Waals surface area contributed by atoms with Crippen LogP contribution in [0.4, 0.5) is 4.39 Å². The summed E-state index contributed by atoms with van der Waals surface area (Å²) in [5.74, 6) is 0.328. The molecular weight excluding hydrogens is 299 g/mol. The highest BCUT2D eigenvalue weighted by molar-refractivity contribution is 9.10. The van der Waals surface area contributed by atoms with E-state index in [9.17, 15) is 4.39 Å². The van der Waals surface area contributed by atoms with Gasteiger partial charge in [-0.2, -0.15) is 0 Å². The van der Waals surface area contributed by atoms with Crippen molar-refractivity contribution in [3.05, 3.63) is 46.7 Å². The molecule has 0 fully saturated rings. The molecule has 0 saturated carbocycles. The van der Waals surface area contributed by atoms with Gasteiger partial charge < -0.3 is 9.30 Å². The SMILES string of the molecule is CC(C)n1cncc1COc1ccc(F)cc1Br. The summed E-state index contributed by atoms with van der Waals surface area (Å²) < 4.78 is 21.2. The maximum absolute atomic E-state index is 12.9. The van der Waals surface area contributed by atoms with Crippen LogP contribution in [0.3, 0.4) is 0 Å². The number of aromatic nitrogens is 2. The monoisotopic (exact) mass is 312 g/mol. The molecule has 2 aromatic rings. The Morgan fingerprint density at radius 1 is 1.44 bits per heavy atom. The first-order valence-corrected chi connectivity index (χ1v) is 6.46. The van der Waals surface area contributed by atoms with Gasteiger partial charge in [0.2, 0.25) is 0 Å². The molecule has 18 heavy (non-hydrogen) atoms. The minimum absolute atomic E-state index is 0.290. The fraction of sp³-hybridized carbons (Fsp3) is 0.308. The second-order valence-corrected chi connectivity index (χ2v) is 5.10. The Morgan fingerprint density at radius 3 is 2.89 bits per heavy atom. The van der Waals surface area contributed by atoms with Crippen LogP contribution in [-0.2, 0) is 6.61 Å². The van der Waals surface area contributed by atoms with Crippen LogP contribution in [0.5, 0.6) is 5.75 Å². The van der Waals surface area contributed by atoms with Gasteiger partial charge in [-0.1, -0.05) is 0 Å². The van der Waals surface area contributed by atoms with Gasteiger partial charge >= 0.3 is 0 Å². The number of hydrogen-bond donors (Lipinski definition) is 0. The van der Waals surface area contributed by atoms with Crippen LogP contribution in [0.25, 0.3) is 0 Å². The van der Waals surface area contributed by atoms with Crippen molar-refractivity contribution in [2.24, 2.45) is 0 Å². The molecule has 2 rings (SSSR count). The zero-order chi connectivity index (χ0) is 13.1. The largest absolute Gasteiger partial charge is 0.486 e. The Balaban J connectivity index is 2.09. The average molecular weight is 313 g/mol. The molecule has 0 atom stereocenters. The summed E-state index contributed by atoms with van der Waals surface area (Å²) in [4.78, 5) is 4.10. The number of hydrogen-bond acceptors (Lipinski definition) is 2. The Hall–Kier alpha value is -1.36. The lowest BCUT2D eigenvalue weighted by atomic mass is 10.3. The lowest BCUT2D eigenvalue weighted by Crippen LogP contribution is -2.07. The minimum atomic E-state index is -0.290. The maximum Gasteiger partial charge on any atom is 0.134 e. The molecule has 0 bridgehead atoms. The molecule has 0 N–H and O–H groups in total. The van der Waals surface area contributed by atoms with Crippen LogP contribution >= 0.6 is 15.9 Å². The van der Waals surface area contributed by atoms with Gasteiger partial charge in [0.1, 0.15) is 18.2 Å². The van der Waals surface area contributed by atoms with Gasteiger partial charge in [-0.15, -0.1) is 0 Å². The molecule has 1 aromatic carbocycles. The predicted molar refractivity (Wildman–Crippen MR) is 71.0 cm³/mol. The van der Waals surface area contributed by atoms with Gasteiger partial charge in [-0.05, 0) is 48.0 Å². The van der Waals surface area contributed by atoms with Crippen LogP contribution in [0.1, 0.15) is 25.6 Å². The van der Waals surface area contributed by atoms with E-state index in [2.05, 4.69) is 34.8 Å². The molecule has 3 nitrogen and oxygen atoms in total. The highest BCUT2D eigenvalue weighted by atomic mass is 79.9. The number of benzene rings is 1. The van der Waals surface area contributed by atoms with E-state index in [0.717, 1.165) is 5.69 Å². The maximum atomic E-state index is 12.9. The number of imidazole rings is 1. The van der Waals surface area contributed by atoms with Crippen LogP contribution in [0.2, 0.25) is 0 Å². The lowest BCUT2D eigenvalue weighted by Gasteiger charge is -2.13. The van der Waals surface area contributed by atoms with Gasteiger partial charge in [0, 0.05) is 6.04 Å². The van der Waals surface area contributed by atoms with Crippen molar-refractivity contribution in [1.29, 1.82) is 0 Å². The smallest absolute Gasteiger partial charge is 0.134 e. The normalized spacial score (nSPS) is 10.9. The summed E-state index contributed by atoms with van der Waals surface area (Å²) in [5.41, 5.74) is 0.987. The first kappa shape index (κ1) is 13.1. The summed E-state index contributed by atoms with van der Waals surface area (Å²) >= 11 is 3.27. The first-order valence-electron chi connectivity index (χ1n) is 5.66. The van der Waals surface area contributed by atoms with Gasteiger partial charge in [0.05, 0.1) is 22.7 Å². The van der Waals surface area contributed by atoms with Gasteiger partial charge in [0.15, 0.2) is 0 Å². The van der Waals surface area contributed by atoms with E-state index in [1.54, 1.807) is 18.6 Å². The second kappa shape index (κ2) is 5.52. The second-order valence-electron chi connectivity index (χ2n) is 4.25. The zero-order valence-electron chi connectivity index (χ0n) is 10.2. The van der Waals surface area contributed by atoms with Crippen molar-refractivity contribution in [3.8, 4) is 5.75 Å². The number of halogens is 2. The standard InChI is InChI=1S/C13H14BrFN2O/c1-9(2)17-8-16-6-11(17)7-18-13-4-3-10(15)5-12(13)14/h3-6,8-9H,7H2,1-2H3. The van der Waals surface area contributed by atoms with E-state index in [4.69, 9.17) is 4.74 Å². The number of nitrogens with zero attached hydrogens (tertiary/aromatic N) is 2. The van der Waals surface area contributed by atoms with Crippen LogP contribution in [-0.4, -0.2) is 9.55 Å². The van der Waals surface area contributed by atoms with E-state index in [0.29, 0.717) is 22.9 Å². The van der Waals surface area contributed by atoms with Gasteiger partial charge in [-0.3, -0.25) is 0 Å². The zero-order valence-corrected chi connectivity index (χ0v) is 11.8. The van der Waals surface area contributed by atoms with Crippen LogP contribution < -0.4 is 4.74 Å². The summed E-state index contributed by atoms with van der Waals surface area (Å²) in [7, 11) is 0. The molecule has 1 aromatic heterocycles. The molecule has 5 heteroatoms. The van der Waals surface area contributed by atoms with Crippen molar-refractivity contribution < 1.29 is 9.13 Å². The van der Waals surface area contributed by atoms with E-state index in [1.165, 1.54) is 12.1 Å². The molecule has 0 saturated heterocycles. The molecule has 0 amide bonds.